The smallest absolute Gasteiger partial charge is 0.163 e. The Kier molecular flexibility index (Phi) is 7.69. The SMILES string of the molecule is CNc1nc2cc(OCCCN3CCCC3)c(OC)cc2c2c1CC(OCc1ccccc1)CC2. The molecule has 1 fully saturated rings. The number of aromatic nitrogens is 1. The topological polar surface area (TPSA) is 55.9 Å². The Labute approximate surface area is 208 Å². The molecule has 3 aromatic rings. The third-order valence-electron chi connectivity index (χ3n) is 7.28. The van der Waals surface area contributed by atoms with E-state index < -0.39 is 0 Å². The Balaban J connectivity index is 1.32. The fourth-order valence-electron chi connectivity index (χ4n) is 5.40. The van der Waals surface area contributed by atoms with Gasteiger partial charge in [-0.3, -0.25) is 0 Å². The van der Waals surface area contributed by atoms with Gasteiger partial charge in [-0.1, -0.05) is 30.3 Å². The van der Waals surface area contributed by atoms with E-state index in [1.807, 2.05) is 19.2 Å². The maximum absolute atomic E-state index is 6.29. The molecule has 186 valence electrons. The minimum atomic E-state index is 0.189. The van der Waals surface area contributed by atoms with Crippen molar-refractivity contribution < 1.29 is 14.2 Å². The number of hydrogen-bond acceptors (Lipinski definition) is 6. The number of pyridine rings is 1. The fraction of sp³-hybridized carbons (Fsp3) is 0.483. The van der Waals surface area contributed by atoms with Crippen LogP contribution in [0.2, 0.25) is 0 Å². The highest BCUT2D eigenvalue weighted by Crippen LogP contribution is 2.39. The van der Waals surface area contributed by atoms with E-state index in [0.29, 0.717) is 13.2 Å². The predicted molar refractivity (Wildman–Crippen MR) is 141 cm³/mol. The molecule has 0 radical (unpaired) electrons. The quantitative estimate of drug-likeness (QED) is 0.406. The normalized spacial score (nSPS) is 17.9. The molecular weight excluding hydrogens is 438 g/mol. The lowest BCUT2D eigenvalue weighted by Gasteiger charge is -2.28. The second kappa shape index (κ2) is 11.3. The van der Waals surface area contributed by atoms with Gasteiger partial charge < -0.3 is 24.4 Å². The zero-order valence-electron chi connectivity index (χ0n) is 21.0. The number of fused-ring (bicyclic) bond motifs is 3. The van der Waals surface area contributed by atoms with Gasteiger partial charge in [-0.15, -0.1) is 0 Å². The average molecular weight is 476 g/mol. The highest BCUT2D eigenvalue weighted by atomic mass is 16.5. The van der Waals surface area contributed by atoms with Gasteiger partial charge >= 0.3 is 0 Å². The summed E-state index contributed by atoms with van der Waals surface area (Å²) >= 11 is 0. The van der Waals surface area contributed by atoms with Gasteiger partial charge in [0.25, 0.3) is 0 Å². The summed E-state index contributed by atoms with van der Waals surface area (Å²) in [5.41, 5.74) is 4.76. The Morgan fingerprint density at radius 3 is 2.66 bits per heavy atom. The molecule has 0 saturated carbocycles. The van der Waals surface area contributed by atoms with Gasteiger partial charge in [0.05, 0.1) is 31.9 Å². The van der Waals surface area contributed by atoms with E-state index in [2.05, 4.69) is 40.5 Å². The third kappa shape index (κ3) is 5.54. The summed E-state index contributed by atoms with van der Waals surface area (Å²) in [4.78, 5) is 7.50. The number of likely N-dealkylation sites (tertiary alicyclic amines) is 1. The molecule has 1 aliphatic carbocycles. The Bertz CT molecular complexity index is 1130. The van der Waals surface area contributed by atoms with E-state index in [9.17, 15) is 0 Å². The monoisotopic (exact) mass is 475 g/mol. The number of nitrogens with zero attached hydrogens (tertiary/aromatic N) is 2. The van der Waals surface area contributed by atoms with Gasteiger partial charge in [0, 0.05) is 37.0 Å². The van der Waals surface area contributed by atoms with Gasteiger partial charge in [-0.25, -0.2) is 4.98 Å². The molecule has 1 atom stereocenters. The van der Waals surface area contributed by atoms with Crippen LogP contribution < -0.4 is 14.8 Å². The van der Waals surface area contributed by atoms with E-state index in [1.165, 1.54) is 42.6 Å². The van der Waals surface area contributed by atoms with Crippen molar-refractivity contribution in [3.63, 3.8) is 0 Å². The first-order valence-electron chi connectivity index (χ1n) is 13.0. The molecule has 2 heterocycles. The first-order valence-corrected chi connectivity index (χ1v) is 13.0. The van der Waals surface area contributed by atoms with Crippen LogP contribution in [-0.2, 0) is 24.2 Å². The number of ether oxygens (including phenoxy) is 3. The third-order valence-corrected chi connectivity index (χ3v) is 7.28. The van der Waals surface area contributed by atoms with Crippen LogP contribution in [-0.4, -0.2) is 56.4 Å². The van der Waals surface area contributed by atoms with Crippen LogP contribution in [0.3, 0.4) is 0 Å². The van der Waals surface area contributed by atoms with E-state index in [-0.39, 0.29) is 6.10 Å². The Hall–Kier alpha value is -2.83. The predicted octanol–water partition coefficient (Wildman–Crippen LogP) is 5.22. The zero-order chi connectivity index (χ0) is 24.0. The number of rotatable bonds is 10. The molecule has 1 aliphatic heterocycles. The maximum atomic E-state index is 6.29. The number of benzene rings is 2. The molecule has 0 spiro atoms. The van der Waals surface area contributed by atoms with Crippen molar-refractivity contribution in [2.45, 2.75) is 51.2 Å². The van der Waals surface area contributed by atoms with Crippen molar-refractivity contribution >= 4 is 16.7 Å². The van der Waals surface area contributed by atoms with Gasteiger partial charge in [-0.2, -0.15) is 0 Å². The first kappa shape index (κ1) is 23.9. The van der Waals surface area contributed by atoms with Gasteiger partial charge in [-0.05, 0) is 62.4 Å². The molecule has 1 unspecified atom stereocenters. The minimum Gasteiger partial charge on any atom is -0.493 e. The van der Waals surface area contributed by atoms with Crippen LogP contribution in [0.1, 0.15) is 42.4 Å². The number of aryl methyl sites for hydroxylation is 1. The summed E-state index contributed by atoms with van der Waals surface area (Å²) in [5, 5.41) is 4.48. The lowest BCUT2D eigenvalue weighted by molar-refractivity contribution is 0.0321. The van der Waals surface area contributed by atoms with Crippen LogP contribution in [0, 0.1) is 0 Å². The molecule has 2 aliphatic rings. The molecule has 6 nitrogen and oxygen atoms in total. The van der Waals surface area contributed by atoms with Crippen LogP contribution in [0.25, 0.3) is 10.9 Å². The molecule has 6 heteroatoms. The van der Waals surface area contributed by atoms with E-state index in [0.717, 1.165) is 60.4 Å². The Morgan fingerprint density at radius 2 is 1.89 bits per heavy atom. The van der Waals surface area contributed by atoms with Crippen molar-refractivity contribution in [1.29, 1.82) is 0 Å². The van der Waals surface area contributed by atoms with Crippen LogP contribution in [0.5, 0.6) is 11.5 Å². The van der Waals surface area contributed by atoms with Crippen molar-refractivity contribution in [2.24, 2.45) is 0 Å². The molecular formula is C29H37N3O3. The molecule has 2 aromatic carbocycles. The minimum absolute atomic E-state index is 0.189. The van der Waals surface area contributed by atoms with Gasteiger partial charge in [0.2, 0.25) is 0 Å². The highest BCUT2D eigenvalue weighted by molar-refractivity contribution is 5.89. The van der Waals surface area contributed by atoms with Crippen LogP contribution in [0.15, 0.2) is 42.5 Å². The van der Waals surface area contributed by atoms with Gasteiger partial charge in [0.15, 0.2) is 11.5 Å². The summed E-state index contributed by atoms with van der Waals surface area (Å²) in [7, 11) is 3.66. The lowest BCUT2D eigenvalue weighted by Crippen LogP contribution is -2.24. The summed E-state index contributed by atoms with van der Waals surface area (Å²) in [6, 6.07) is 14.5. The zero-order valence-corrected chi connectivity index (χ0v) is 21.0. The number of methoxy groups -OCH3 is 1. The number of nitrogens with one attached hydrogen (secondary N) is 1. The molecule has 0 amide bonds. The molecule has 1 saturated heterocycles. The largest absolute Gasteiger partial charge is 0.493 e. The molecule has 0 bridgehead atoms. The van der Waals surface area contributed by atoms with Crippen molar-refractivity contribution in [3.05, 3.63) is 59.2 Å². The second-order valence-corrected chi connectivity index (χ2v) is 9.60. The average Bonchev–Trinajstić information content (AvgIpc) is 3.43. The standard InChI is InChI=1S/C29H37N3O3/c1-30-29-25-17-22(35-20-21-9-4-3-5-10-21)11-12-23(25)24-18-27(33-2)28(19-26(24)31-29)34-16-8-15-32-13-6-7-14-32/h3-5,9-10,18-19,22H,6-8,11-17,20H2,1-2H3,(H,30,31). The summed E-state index contributed by atoms with van der Waals surface area (Å²) in [6.45, 7) is 4.86. The molecule has 5 rings (SSSR count). The van der Waals surface area contributed by atoms with Crippen molar-refractivity contribution in [3.8, 4) is 11.5 Å². The van der Waals surface area contributed by atoms with Crippen molar-refractivity contribution in [1.82, 2.24) is 9.88 Å². The fourth-order valence-corrected chi connectivity index (χ4v) is 5.40. The molecule has 35 heavy (non-hydrogen) atoms. The van der Waals surface area contributed by atoms with Crippen molar-refractivity contribution in [2.75, 3.05) is 45.7 Å². The molecule has 1 N–H and O–H groups in total. The maximum Gasteiger partial charge on any atom is 0.163 e. The summed E-state index contributed by atoms with van der Waals surface area (Å²) < 4.78 is 18.2. The second-order valence-electron chi connectivity index (χ2n) is 9.60. The Morgan fingerprint density at radius 1 is 1.06 bits per heavy atom. The van der Waals surface area contributed by atoms with Crippen LogP contribution >= 0.6 is 0 Å². The summed E-state index contributed by atoms with van der Waals surface area (Å²) in [6.07, 6.45) is 6.67. The van der Waals surface area contributed by atoms with Gasteiger partial charge in [0.1, 0.15) is 5.82 Å². The van der Waals surface area contributed by atoms with E-state index in [1.54, 1.807) is 7.11 Å². The highest BCUT2D eigenvalue weighted by Gasteiger charge is 2.25. The summed E-state index contributed by atoms with van der Waals surface area (Å²) in [5.74, 6) is 2.49. The number of anilines is 1. The van der Waals surface area contributed by atoms with E-state index >= 15 is 0 Å². The molecule has 1 aromatic heterocycles. The number of hydrogen-bond donors (Lipinski definition) is 1. The van der Waals surface area contributed by atoms with E-state index in [4.69, 9.17) is 19.2 Å². The first-order chi connectivity index (χ1) is 17.2. The van der Waals surface area contributed by atoms with Crippen LogP contribution in [0.4, 0.5) is 5.82 Å². The lowest BCUT2D eigenvalue weighted by atomic mass is 9.87.